The number of hydrogen-bond donors (Lipinski definition) is 2. The molecule has 1 amide bonds. The predicted molar refractivity (Wildman–Crippen MR) is 109 cm³/mol. The fourth-order valence-corrected chi connectivity index (χ4v) is 3.70. The van der Waals surface area contributed by atoms with Crippen LogP contribution < -0.4 is 14.2 Å². The highest BCUT2D eigenvalue weighted by Crippen LogP contribution is 2.32. The van der Waals surface area contributed by atoms with Gasteiger partial charge in [0.25, 0.3) is 5.91 Å². The summed E-state index contributed by atoms with van der Waals surface area (Å²) in [4.78, 5) is 20.5. The number of thiol groups is 1. The number of hydrogen-bond acceptors (Lipinski definition) is 7. The molecule has 0 aliphatic carbocycles. The molecule has 1 aliphatic rings. The number of nitrogens with one attached hydrogen (secondary N) is 1. The lowest BCUT2D eigenvalue weighted by Gasteiger charge is -2.35. The van der Waals surface area contributed by atoms with Gasteiger partial charge in [-0.05, 0) is 24.3 Å². The summed E-state index contributed by atoms with van der Waals surface area (Å²) in [5, 5.41) is 0. The zero-order valence-corrected chi connectivity index (χ0v) is 17.9. The predicted octanol–water partition coefficient (Wildman–Crippen LogP) is 1.89. The lowest BCUT2D eigenvalue weighted by atomic mass is 10.1. The SMILES string of the molecule is COc1ccncc1CN1CCN(C(=O)c2ccc(N[SH](=O)=O)c(OC(F)(F)F)c2)CC1. The van der Waals surface area contributed by atoms with Crippen molar-refractivity contribution in [3.63, 3.8) is 0 Å². The number of amides is 1. The monoisotopic (exact) mass is 474 g/mol. The third-order valence-electron chi connectivity index (χ3n) is 4.80. The number of nitrogens with zero attached hydrogens (tertiary/aromatic N) is 3. The number of aromatic nitrogens is 1. The molecular weight excluding hydrogens is 453 g/mol. The zero-order valence-electron chi connectivity index (χ0n) is 17.0. The maximum atomic E-state index is 12.8. The summed E-state index contributed by atoms with van der Waals surface area (Å²) < 4.78 is 70.9. The molecule has 2 aromatic rings. The second-order valence-electron chi connectivity index (χ2n) is 6.88. The molecule has 0 bridgehead atoms. The molecule has 1 aromatic carbocycles. The van der Waals surface area contributed by atoms with Crippen LogP contribution in [0, 0.1) is 0 Å². The van der Waals surface area contributed by atoms with Crippen LogP contribution in [-0.2, 0) is 17.4 Å². The Kier molecular flexibility index (Phi) is 7.40. The van der Waals surface area contributed by atoms with E-state index in [-0.39, 0.29) is 5.56 Å². The number of carbonyl (C=O) groups excluding carboxylic acids is 1. The van der Waals surface area contributed by atoms with Gasteiger partial charge in [-0.3, -0.25) is 19.4 Å². The van der Waals surface area contributed by atoms with Crippen LogP contribution in [0.25, 0.3) is 0 Å². The Balaban J connectivity index is 1.68. The van der Waals surface area contributed by atoms with Gasteiger partial charge in [0.05, 0.1) is 12.8 Å². The number of alkyl halides is 3. The average Bonchev–Trinajstić information content (AvgIpc) is 2.74. The van der Waals surface area contributed by atoms with Crippen LogP contribution in [0.3, 0.4) is 0 Å². The minimum Gasteiger partial charge on any atom is -0.496 e. The second kappa shape index (κ2) is 10.0. The molecule has 174 valence electrons. The Hall–Kier alpha value is -3.06. The minimum atomic E-state index is -5.05. The molecule has 2 heterocycles. The first-order valence-corrected chi connectivity index (χ1v) is 10.6. The van der Waals surface area contributed by atoms with Gasteiger partial charge >= 0.3 is 6.36 Å². The van der Waals surface area contributed by atoms with E-state index in [1.54, 1.807) is 25.6 Å². The van der Waals surface area contributed by atoms with Gasteiger partial charge in [-0.25, -0.2) is 8.42 Å². The third kappa shape index (κ3) is 6.23. The van der Waals surface area contributed by atoms with E-state index in [4.69, 9.17) is 4.74 Å². The van der Waals surface area contributed by atoms with Crippen LogP contribution >= 0.6 is 0 Å². The topological polar surface area (TPSA) is 101 Å². The lowest BCUT2D eigenvalue weighted by Crippen LogP contribution is -2.48. The summed E-state index contributed by atoms with van der Waals surface area (Å²) in [6.45, 7) is 2.40. The van der Waals surface area contributed by atoms with Gasteiger partial charge in [0.2, 0.25) is 10.9 Å². The standard InChI is InChI=1S/C19H21F3N4O5S/c1-30-16-4-5-23-11-14(16)12-25-6-8-26(9-7-25)18(27)13-2-3-15(24-32(28)29)17(10-13)31-19(20,21)22/h2-5,10-11,32H,6-9,12H2,1H3,(H,24,28,29). The number of halogens is 3. The van der Waals surface area contributed by atoms with Gasteiger partial charge in [0.1, 0.15) is 5.75 Å². The van der Waals surface area contributed by atoms with Crippen LogP contribution in [0.15, 0.2) is 36.7 Å². The van der Waals surface area contributed by atoms with Crippen LogP contribution in [-0.4, -0.2) is 68.8 Å². The molecule has 9 nitrogen and oxygen atoms in total. The number of anilines is 1. The maximum absolute atomic E-state index is 12.8. The fraction of sp³-hybridized carbons (Fsp3) is 0.368. The largest absolute Gasteiger partial charge is 0.573 e. The quantitative estimate of drug-likeness (QED) is 0.591. The van der Waals surface area contributed by atoms with E-state index in [2.05, 4.69) is 14.6 Å². The summed E-state index contributed by atoms with van der Waals surface area (Å²) in [7, 11) is -1.64. The minimum absolute atomic E-state index is 0.0432. The molecule has 1 aliphatic heterocycles. The molecule has 1 fully saturated rings. The average molecular weight is 474 g/mol. The van der Waals surface area contributed by atoms with E-state index in [1.165, 1.54) is 11.0 Å². The van der Waals surface area contributed by atoms with Crippen molar-refractivity contribution < 1.29 is 35.9 Å². The lowest BCUT2D eigenvalue weighted by molar-refractivity contribution is -0.274. The van der Waals surface area contributed by atoms with Crippen molar-refractivity contribution in [2.45, 2.75) is 12.9 Å². The van der Waals surface area contributed by atoms with E-state index in [0.29, 0.717) is 38.5 Å². The van der Waals surface area contributed by atoms with Gasteiger partial charge in [0, 0.05) is 56.2 Å². The number of carbonyl (C=O) groups is 1. The normalized spacial score (nSPS) is 15.0. The highest BCUT2D eigenvalue weighted by molar-refractivity contribution is 7.73. The van der Waals surface area contributed by atoms with Crippen molar-refractivity contribution in [1.29, 1.82) is 0 Å². The van der Waals surface area contributed by atoms with Crippen molar-refractivity contribution in [3.8, 4) is 11.5 Å². The molecule has 1 aromatic heterocycles. The Morgan fingerprint density at radius 3 is 2.50 bits per heavy atom. The molecule has 0 radical (unpaired) electrons. The van der Waals surface area contributed by atoms with Gasteiger partial charge in [-0.1, -0.05) is 0 Å². The van der Waals surface area contributed by atoms with Crippen molar-refractivity contribution in [2.75, 3.05) is 38.0 Å². The molecule has 1 N–H and O–H groups in total. The molecule has 1 saturated heterocycles. The smallest absolute Gasteiger partial charge is 0.496 e. The number of ether oxygens (including phenoxy) is 2. The number of benzene rings is 1. The highest BCUT2D eigenvalue weighted by atomic mass is 32.2. The van der Waals surface area contributed by atoms with Crippen molar-refractivity contribution in [2.24, 2.45) is 0 Å². The number of methoxy groups -OCH3 is 1. The molecule has 0 unspecified atom stereocenters. The molecule has 0 saturated carbocycles. The van der Waals surface area contributed by atoms with Crippen molar-refractivity contribution in [3.05, 3.63) is 47.8 Å². The summed E-state index contributed by atoms with van der Waals surface area (Å²) in [6.07, 6.45) is -1.71. The zero-order chi connectivity index (χ0) is 23.3. The number of piperazine rings is 1. The van der Waals surface area contributed by atoms with E-state index in [1.807, 2.05) is 4.72 Å². The molecule has 0 atom stereocenters. The molecular formula is C19H21F3N4O5S. The van der Waals surface area contributed by atoms with Crippen LogP contribution in [0.2, 0.25) is 0 Å². The van der Waals surface area contributed by atoms with Crippen LogP contribution in [0.4, 0.5) is 18.9 Å². The summed E-state index contributed by atoms with van der Waals surface area (Å²) in [5.74, 6) is -0.567. The van der Waals surface area contributed by atoms with E-state index in [0.717, 1.165) is 17.7 Å². The third-order valence-corrected chi connectivity index (χ3v) is 5.22. The number of pyridine rings is 1. The Bertz CT molecular complexity index is 1030. The van der Waals surface area contributed by atoms with Gasteiger partial charge in [-0.2, -0.15) is 0 Å². The first kappa shape index (κ1) is 23.6. The Morgan fingerprint density at radius 1 is 1.16 bits per heavy atom. The van der Waals surface area contributed by atoms with E-state index < -0.39 is 34.6 Å². The van der Waals surface area contributed by atoms with E-state index in [9.17, 15) is 26.4 Å². The van der Waals surface area contributed by atoms with Gasteiger partial charge in [-0.15, -0.1) is 13.2 Å². The van der Waals surface area contributed by atoms with Gasteiger partial charge in [0.15, 0.2) is 5.75 Å². The first-order valence-electron chi connectivity index (χ1n) is 9.45. The second-order valence-corrected chi connectivity index (χ2v) is 7.62. The molecule has 32 heavy (non-hydrogen) atoms. The molecule has 13 heteroatoms. The van der Waals surface area contributed by atoms with Crippen LogP contribution in [0.1, 0.15) is 15.9 Å². The molecule has 0 spiro atoms. The Morgan fingerprint density at radius 2 is 1.88 bits per heavy atom. The van der Waals surface area contributed by atoms with Gasteiger partial charge < -0.3 is 14.4 Å². The summed E-state index contributed by atoms with van der Waals surface area (Å²) >= 11 is 0. The summed E-state index contributed by atoms with van der Waals surface area (Å²) in [5.41, 5.74) is 0.451. The van der Waals surface area contributed by atoms with Crippen LogP contribution in [0.5, 0.6) is 11.5 Å². The summed E-state index contributed by atoms with van der Waals surface area (Å²) in [6, 6.07) is 4.95. The number of rotatable bonds is 7. The van der Waals surface area contributed by atoms with Crippen molar-refractivity contribution >= 4 is 22.5 Å². The van der Waals surface area contributed by atoms with E-state index >= 15 is 0 Å². The molecule has 3 rings (SSSR count). The maximum Gasteiger partial charge on any atom is 0.573 e. The first-order chi connectivity index (χ1) is 15.2. The fourth-order valence-electron chi connectivity index (χ4n) is 3.32. The van der Waals surface area contributed by atoms with Crippen molar-refractivity contribution in [1.82, 2.24) is 14.8 Å². The highest BCUT2D eigenvalue weighted by Gasteiger charge is 2.33. The Labute approximate surface area is 183 Å².